The molecule has 1 aromatic heterocycles. The van der Waals surface area contributed by atoms with Gasteiger partial charge in [0.2, 0.25) is 5.91 Å². The summed E-state index contributed by atoms with van der Waals surface area (Å²) in [7, 11) is 1.90. The minimum Gasteiger partial charge on any atom is -0.338 e. The lowest BCUT2D eigenvalue weighted by atomic mass is 10.2. The zero-order chi connectivity index (χ0) is 12.4. The smallest absolute Gasteiger partial charge is 0.244 e. The van der Waals surface area contributed by atoms with Crippen LogP contribution in [-0.4, -0.2) is 40.2 Å². The van der Waals surface area contributed by atoms with Gasteiger partial charge in [-0.15, -0.1) is 0 Å². The van der Waals surface area contributed by atoms with Crippen LogP contribution in [0.3, 0.4) is 0 Å². The van der Waals surface area contributed by atoms with Crippen molar-refractivity contribution in [2.24, 2.45) is 0 Å². The molecule has 0 radical (unpaired) electrons. The Morgan fingerprint density at radius 1 is 1.53 bits per heavy atom. The molecule has 0 atom stereocenters. The molecular weight excluding hydrogens is 216 g/mol. The number of aromatic nitrogens is 2. The summed E-state index contributed by atoms with van der Waals surface area (Å²) in [6.45, 7) is 6.03. The van der Waals surface area contributed by atoms with E-state index in [0.29, 0.717) is 6.54 Å². The Balaban J connectivity index is 2.17. The number of carbonyl (C=O) groups excluding carboxylic acids is 1. The predicted octanol–water partition coefficient (Wildman–Crippen LogP) is 0.396. The van der Waals surface area contributed by atoms with Gasteiger partial charge in [-0.25, -0.2) is 0 Å². The number of fused-ring (bicyclic) bond motifs is 1. The molecule has 0 spiro atoms. The molecule has 17 heavy (non-hydrogen) atoms. The van der Waals surface area contributed by atoms with Crippen molar-refractivity contribution in [2.75, 3.05) is 13.6 Å². The van der Waals surface area contributed by atoms with Gasteiger partial charge in [0.1, 0.15) is 6.54 Å². The van der Waals surface area contributed by atoms with Crippen molar-refractivity contribution < 1.29 is 4.79 Å². The predicted molar refractivity (Wildman–Crippen MR) is 65.5 cm³/mol. The minimum atomic E-state index is 0.165. The largest absolute Gasteiger partial charge is 0.338 e. The lowest BCUT2D eigenvalue weighted by molar-refractivity contribution is -0.133. The number of rotatable bonds is 3. The van der Waals surface area contributed by atoms with Crippen LogP contribution in [0.1, 0.15) is 25.2 Å². The Kier molecular flexibility index (Phi) is 3.47. The number of amides is 1. The van der Waals surface area contributed by atoms with Crippen molar-refractivity contribution in [2.45, 2.75) is 39.4 Å². The van der Waals surface area contributed by atoms with E-state index < -0.39 is 0 Å². The van der Waals surface area contributed by atoms with Crippen LogP contribution in [0.25, 0.3) is 0 Å². The van der Waals surface area contributed by atoms with E-state index in [0.717, 1.165) is 30.9 Å². The second-order valence-corrected chi connectivity index (χ2v) is 4.75. The Bertz CT molecular complexity index is 411. The summed E-state index contributed by atoms with van der Waals surface area (Å²) in [5, 5.41) is 7.53. The molecule has 1 aromatic rings. The van der Waals surface area contributed by atoms with Crippen LogP contribution in [0.5, 0.6) is 0 Å². The highest BCUT2D eigenvalue weighted by Gasteiger charge is 2.23. The average molecular weight is 236 g/mol. The Labute approximate surface area is 102 Å². The lowest BCUT2D eigenvalue weighted by Gasteiger charge is -2.24. The summed E-state index contributed by atoms with van der Waals surface area (Å²) in [5.41, 5.74) is 2.17. The van der Waals surface area contributed by atoms with Crippen LogP contribution >= 0.6 is 0 Å². The Morgan fingerprint density at radius 2 is 2.29 bits per heavy atom. The highest BCUT2D eigenvalue weighted by atomic mass is 16.2. The fourth-order valence-corrected chi connectivity index (χ4v) is 2.25. The number of nitrogens with zero attached hydrogens (tertiary/aromatic N) is 3. The van der Waals surface area contributed by atoms with Gasteiger partial charge >= 0.3 is 0 Å². The van der Waals surface area contributed by atoms with E-state index in [1.165, 1.54) is 0 Å². The van der Waals surface area contributed by atoms with Gasteiger partial charge in [-0.05, 0) is 27.0 Å². The SMILES string of the molecule is CNCc1cc2n(n1)CC(=O)N(C(C)C)CC2. The molecule has 2 rings (SSSR count). The lowest BCUT2D eigenvalue weighted by Crippen LogP contribution is -2.38. The molecule has 5 nitrogen and oxygen atoms in total. The zero-order valence-electron chi connectivity index (χ0n) is 10.7. The molecule has 1 amide bonds. The highest BCUT2D eigenvalue weighted by molar-refractivity contribution is 5.76. The van der Waals surface area contributed by atoms with Gasteiger partial charge in [-0.1, -0.05) is 0 Å². The summed E-state index contributed by atoms with van der Waals surface area (Å²) in [6, 6.07) is 2.36. The molecule has 0 aromatic carbocycles. The Morgan fingerprint density at radius 3 is 2.94 bits per heavy atom. The van der Waals surface area contributed by atoms with E-state index in [2.05, 4.69) is 30.3 Å². The number of hydrogen-bond donors (Lipinski definition) is 1. The fourth-order valence-electron chi connectivity index (χ4n) is 2.25. The standard InChI is InChI=1S/C12H20N4O/c1-9(2)15-5-4-11-6-10(7-13-3)14-16(11)8-12(15)17/h6,9,13H,4-5,7-8H2,1-3H3. The summed E-state index contributed by atoms with van der Waals surface area (Å²) >= 11 is 0. The molecular formula is C12H20N4O. The van der Waals surface area contributed by atoms with E-state index in [1.54, 1.807) is 0 Å². The quantitative estimate of drug-likeness (QED) is 0.826. The van der Waals surface area contributed by atoms with Crippen molar-refractivity contribution in [3.63, 3.8) is 0 Å². The monoisotopic (exact) mass is 236 g/mol. The molecule has 0 saturated carbocycles. The highest BCUT2D eigenvalue weighted by Crippen LogP contribution is 2.13. The fraction of sp³-hybridized carbons (Fsp3) is 0.667. The first-order chi connectivity index (χ1) is 8.11. The third-order valence-electron chi connectivity index (χ3n) is 3.11. The van der Waals surface area contributed by atoms with E-state index in [1.807, 2.05) is 16.6 Å². The first kappa shape index (κ1) is 12.1. The third-order valence-corrected chi connectivity index (χ3v) is 3.11. The van der Waals surface area contributed by atoms with E-state index in [-0.39, 0.29) is 11.9 Å². The van der Waals surface area contributed by atoms with Crippen molar-refractivity contribution in [3.05, 3.63) is 17.5 Å². The third kappa shape index (κ3) is 2.49. The van der Waals surface area contributed by atoms with Gasteiger partial charge in [-0.3, -0.25) is 9.48 Å². The minimum absolute atomic E-state index is 0.165. The topological polar surface area (TPSA) is 50.2 Å². The number of hydrogen-bond acceptors (Lipinski definition) is 3. The second-order valence-electron chi connectivity index (χ2n) is 4.75. The first-order valence-electron chi connectivity index (χ1n) is 6.11. The summed E-state index contributed by atoms with van der Waals surface area (Å²) < 4.78 is 1.84. The van der Waals surface area contributed by atoms with Gasteiger partial charge in [0.05, 0.1) is 5.69 Å². The summed E-state index contributed by atoms with van der Waals surface area (Å²) in [5.74, 6) is 0.165. The molecule has 5 heteroatoms. The van der Waals surface area contributed by atoms with Gasteiger partial charge < -0.3 is 10.2 Å². The van der Waals surface area contributed by atoms with Crippen LogP contribution < -0.4 is 5.32 Å². The van der Waals surface area contributed by atoms with Crippen LogP contribution in [0.4, 0.5) is 0 Å². The molecule has 0 aliphatic carbocycles. The number of carbonyl (C=O) groups is 1. The van der Waals surface area contributed by atoms with Crippen molar-refractivity contribution in [1.82, 2.24) is 20.0 Å². The molecule has 1 aliphatic heterocycles. The van der Waals surface area contributed by atoms with Gasteiger partial charge in [0, 0.05) is 31.2 Å². The van der Waals surface area contributed by atoms with Crippen molar-refractivity contribution in [3.8, 4) is 0 Å². The van der Waals surface area contributed by atoms with Gasteiger partial charge in [0.25, 0.3) is 0 Å². The number of nitrogens with one attached hydrogen (secondary N) is 1. The second kappa shape index (κ2) is 4.87. The normalized spacial score (nSPS) is 16.2. The Hall–Kier alpha value is -1.36. The van der Waals surface area contributed by atoms with Crippen molar-refractivity contribution >= 4 is 5.91 Å². The maximum absolute atomic E-state index is 12.0. The molecule has 0 bridgehead atoms. The van der Waals surface area contributed by atoms with Crippen molar-refractivity contribution in [1.29, 1.82) is 0 Å². The summed E-state index contributed by atoms with van der Waals surface area (Å²) in [6.07, 6.45) is 0.890. The molecule has 1 N–H and O–H groups in total. The molecule has 1 aliphatic rings. The van der Waals surface area contributed by atoms with Crippen LogP contribution in [0, 0.1) is 0 Å². The van der Waals surface area contributed by atoms with E-state index in [9.17, 15) is 4.79 Å². The zero-order valence-corrected chi connectivity index (χ0v) is 10.7. The first-order valence-corrected chi connectivity index (χ1v) is 6.11. The van der Waals surface area contributed by atoms with E-state index in [4.69, 9.17) is 0 Å². The van der Waals surface area contributed by atoms with Crippen LogP contribution in [0.15, 0.2) is 6.07 Å². The molecule has 0 saturated heterocycles. The van der Waals surface area contributed by atoms with Gasteiger partial charge in [-0.2, -0.15) is 5.10 Å². The van der Waals surface area contributed by atoms with Gasteiger partial charge in [0.15, 0.2) is 0 Å². The van der Waals surface area contributed by atoms with Crippen LogP contribution in [0.2, 0.25) is 0 Å². The molecule has 2 heterocycles. The maximum atomic E-state index is 12.0. The molecule has 0 unspecified atom stereocenters. The van der Waals surface area contributed by atoms with Crippen LogP contribution in [-0.2, 0) is 24.3 Å². The summed E-state index contributed by atoms with van der Waals surface area (Å²) in [4.78, 5) is 14.0. The maximum Gasteiger partial charge on any atom is 0.244 e. The molecule has 94 valence electrons. The van der Waals surface area contributed by atoms with E-state index >= 15 is 0 Å². The average Bonchev–Trinajstić information content (AvgIpc) is 2.54. The molecule has 0 fully saturated rings.